The molecule has 0 aliphatic heterocycles. The van der Waals surface area contributed by atoms with Crippen LogP contribution in [0.3, 0.4) is 0 Å². The summed E-state index contributed by atoms with van der Waals surface area (Å²) in [6.45, 7) is 3.94. The van der Waals surface area contributed by atoms with Crippen molar-refractivity contribution >= 4 is 6.03 Å². The highest BCUT2D eigenvalue weighted by molar-refractivity contribution is 5.74. The van der Waals surface area contributed by atoms with Crippen molar-refractivity contribution < 1.29 is 9.53 Å². The Hall–Kier alpha value is -1.55. The third-order valence-corrected chi connectivity index (χ3v) is 4.38. The molecule has 0 radical (unpaired) electrons. The second kappa shape index (κ2) is 8.79. The van der Waals surface area contributed by atoms with Crippen molar-refractivity contribution in [1.29, 1.82) is 0 Å². The molecule has 2 rings (SSSR count). The summed E-state index contributed by atoms with van der Waals surface area (Å²) in [6, 6.07) is 8.65. The van der Waals surface area contributed by atoms with Gasteiger partial charge in [-0.25, -0.2) is 4.79 Å². The molecule has 1 aromatic rings. The maximum atomic E-state index is 12.2. The van der Waals surface area contributed by atoms with Crippen LogP contribution in [-0.4, -0.2) is 30.6 Å². The summed E-state index contributed by atoms with van der Waals surface area (Å²) in [5.74, 6) is 0. The standard InChI is InChI=1S/C18H28N2O2/c1-3-22-14-16-11-9-15(10-12-16)13-19-18(21)20(2)17-7-5-4-6-8-17/h9-12,17H,3-8,13-14H2,1-2H3,(H,19,21). The zero-order chi connectivity index (χ0) is 15.8. The molecule has 122 valence electrons. The summed E-state index contributed by atoms with van der Waals surface area (Å²) in [4.78, 5) is 14.1. The van der Waals surface area contributed by atoms with Crippen molar-refractivity contribution in [2.24, 2.45) is 0 Å². The molecular formula is C18H28N2O2. The maximum Gasteiger partial charge on any atom is 0.317 e. The van der Waals surface area contributed by atoms with Crippen molar-refractivity contribution in [2.75, 3.05) is 13.7 Å². The Morgan fingerprint density at radius 3 is 2.45 bits per heavy atom. The average Bonchev–Trinajstić information content (AvgIpc) is 2.58. The number of amides is 2. The van der Waals surface area contributed by atoms with Gasteiger partial charge in [0.25, 0.3) is 0 Å². The molecule has 4 nitrogen and oxygen atoms in total. The number of carbonyl (C=O) groups excluding carboxylic acids is 1. The van der Waals surface area contributed by atoms with E-state index in [-0.39, 0.29) is 6.03 Å². The van der Waals surface area contributed by atoms with E-state index in [1.807, 2.05) is 18.9 Å². The number of ether oxygens (including phenoxy) is 1. The normalized spacial score (nSPS) is 15.5. The topological polar surface area (TPSA) is 41.6 Å². The number of hydrogen-bond acceptors (Lipinski definition) is 2. The molecule has 0 unspecified atom stereocenters. The first-order valence-electron chi connectivity index (χ1n) is 8.37. The molecule has 22 heavy (non-hydrogen) atoms. The van der Waals surface area contributed by atoms with Gasteiger partial charge in [-0.05, 0) is 30.9 Å². The van der Waals surface area contributed by atoms with Crippen LogP contribution in [0.4, 0.5) is 4.79 Å². The highest BCUT2D eigenvalue weighted by atomic mass is 16.5. The SMILES string of the molecule is CCOCc1ccc(CNC(=O)N(C)C2CCCCC2)cc1. The molecule has 0 heterocycles. The van der Waals surface area contributed by atoms with Crippen LogP contribution in [0.25, 0.3) is 0 Å². The van der Waals surface area contributed by atoms with E-state index in [4.69, 9.17) is 4.74 Å². The Morgan fingerprint density at radius 1 is 1.18 bits per heavy atom. The van der Waals surface area contributed by atoms with Crippen molar-refractivity contribution in [3.63, 3.8) is 0 Å². The Labute approximate surface area is 133 Å². The first-order chi connectivity index (χ1) is 10.7. The lowest BCUT2D eigenvalue weighted by molar-refractivity contribution is 0.134. The van der Waals surface area contributed by atoms with E-state index >= 15 is 0 Å². The lowest BCUT2D eigenvalue weighted by Crippen LogP contribution is -2.44. The molecular weight excluding hydrogens is 276 g/mol. The molecule has 2 amide bonds. The van der Waals surface area contributed by atoms with Crippen molar-refractivity contribution in [2.45, 2.75) is 58.2 Å². The summed E-state index contributed by atoms with van der Waals surface area (Å²) in [5, 5.41) is 3.01. The third-order valence-electron chi connectivity index (χ3n) is 4.38. The Bertz CT molecular complexity index is 453. The lowest BCUT2D eigenvalue weighted by atomic mass is 9.95. The minimum atomic E-state index is 0.0327. The first kappa shape index (κ1) is 16.8. The molecule has 1 fully saturated rings. The summed E-state index contributed by atoms with van der Waals surface area (Å²) in [7, 11) is 1.91. The number of nitrogens with zero attached hydrogens (tertiary/aromatic N) is 1. The summed E-state index contributed by atoms with van der Waals surface area (Å²) < 4.78 is 5.38. The van der Waals surface area contributed by atoms with E-state index in [2.05, 4.69) is 29.6 Å². The van der Waals surface area contributed by atoms with Crippen LogP contribution in [0.2, 0.25) is 0 Å². The van der Waals surface area contributed by atoms with Gasteiger partial charge in [0.05, 0.1) is 6.61 Å². The Balaban J connectivity index is 1.77. The molecule has 1 aliphatic carbocycles. The van der Waals surface area contributed by atoms with Gasteiger partial charge in [0, 0.05) is 26.2 Å². The zero-order valence-corrected chi connectivity index (χ0v) is 13.8. The second-order valence-electron chi connectivity index (χ2n) is 6.02. The van der Waals surface area contributed by atoms with Crippen LogP contribution in [0.15, 0.2) is 24.3 Å². The van der Waals surface area contributed by atoms with Crippen LogP contribution in [0.1, 0.15) is 50.2 Å². The first-order valence-corrected chi connectivity index (χ1v) is 8.37. The summed E-state index contributed by atoms with van der Waals surface area (Å²) >= 11 is 0. The molecule has 4 heteroatoms. The van der Waals surface area contributed by atoms with E-state index in [0.717, 1.165) is 30.6 Å². The molecule has 0 saturated heterocycles. The quantitative estimate of drug-likeness (QED) is 0.870. The smallest absolute Gasteiger partial charge is 0.317 e. The van der Waals surface area contributed by atoms with Gasteiger partial charge in [-0.3, -0.25) is 0 Å². The van der Waals surface area contributed by atoms with Crippen LogP contribution in [0.5, 0.6) is 0 Å². The van der Waals surface area contributed by atoms with E-state index < -0.39 is 0 Å². The molecule has 0 spiro atoms. The molecule has 0 atom stereocenters. The Kier molecular flexibility index (Phi) is 6.72. The molecule has 1 aliphatic rings. The van der Waals surface area contributed by atoms with Crippen LogP contribution < -0.4 is 5.32 Å². The molecule has 1 aromatic carbocycles. The van der Waals surface area contributed by atoms with Gasteiger partial charge in [-0.15, -0.1) is 0 Å². The van der Waals surface area contributed by atoms with Crippen molar-refractivity contribution in [3.8, 4) is 0 Å². The molecule has 1 N–H and O–H groups in total. The van der Waals surface area contributed by atoms with Gasteiger partial charge in [0.15, 0.2) is 0 Å². The number of rotatable bonds is 6. The van der Waals surface area contributed by atoms with E-state index in [9.17, 15) is 4.79 Å². The van der Waals surface area contributed by atoms with E-state index in [1.54, 1.807) is 0 Å². The van der Waals surface area contributed by atoms with Crippen LogP contribution in [0, 0.1) is 0 Å². The van der Waals surface area contributed by atoms with E-state index in [0.29, 0.717) is 19.2 Å². The fourth-order valence-electron chi connectivity index (χ4n) is 2.91. The summed E-state index contributed by atoms with van der Waals surface area (Å²) in [6.07, 6.45) is 6.05. The van der Waals surface area contributed by atoms with Gasteiger partial charge in [-0.2, -0.15) is 0 Å². The fraction of sp³-hybridized carbons (Fsp3) is 0.611. The largest absolute Gasteiger partial charge is 0.377 e. The predicted molar refractivity (Wildman–Crippen MR) is 88.6 cm³/mol. The minimum Gasteiger partial charge on any atom is -0.377 e. The van der Waals surface area contributed by atoms with Crippen LogP contribution in [-0.2, 0) is 17.9 Å². The highest BCUT2D eigenvalue weighted by Gasteiger charge is 2.21. The Morgan fingerprint density at radius 2 is 1.82 bits per heavy atom. The lowest BCUT2D eigenvalue weighted by Gasteiger charge is -2.31. The molecule has 0 bridgehead atoms. The van der Waals surface area contributed by atoms with Crippen LogP contribution >= 0.6 is 0 Å². The zero-order valence-electron chi connectivity index (χ0n) is 13.8. The fourth-order valence-corrected chi connectivity index (χ4v) is 2.91. The average molecular weight is 304 g/mol. The monoisotopic (exact) mass is 304 g/mol. The third kappa shape index (κ3) is 5.02. The van der Waals surface area contributed by atoms with Gasteiger partial charge >= 0.3 is 6.03 Å². The highest BCUT2D eigenvalue weighted by Crippen LogP contribution is 2.21. The van der Waals surface area contributed by atoms with Gasteiger partial charge in [0.2, 0.25) is 0 Å². The van der Waals surface area contributed by atoms with Crippen molar-refractivity contribution in [1.82, 2.24) is 10.2 Å². The van der Waals surface area contributed by atoms with E-state index in [1.165, 1.54) is 19.3 Å². The van der Waals surface area contributed by atoms with Gasteiger partial charge in [-0.1, -0.05) is 43.5 Å². The number of hydrogen-bond donors (Lipinski definition) is 1. The predicted octanol–water partition coefficient (Wildman–Crippen LogP) is 3.70. The molecule has 1 saturated carbocycles. The van der Waals surface area contributed by atoms with Gasteiger partial charge in [0.1, 0.15) is 0 Å². The number of nitrogens with one attached hydrogen (secondary N) is 1. The maximum absolute atomic E-state index is 12.2. The number of urea groups is 1. The van der Waals surface area contributed by atoms with Crippen molar-refractivity contribution in [3.05, 3.63) is 35.4 Å². The second-order valence-corrected chi connectivity index (χ2v) is 6.02. The number of carbonyl (C=O) groups is 1. The summed E-state index contributed by atoms with van der Waals surface area (Å²) in [5.41, 5.74) is 2.28. The molecule has 0 aromatic heterocycles. The number of benzene rings is 1. The minimum absolute atomic E-state index is 0.0327. The van der Waals surface area contributed by atoms with Gasteiger partial charge < -0.3 is 15.0 Å².